The Labute approximate surface area is 116 Å². The molecule has 0 saturated carbocycles. The van der Waals surface area contributed by atoms with Crippen LogP contribution >= 0.6 is 0 Å². The Morgan fingerprint density at radius 2 is 2.16 bits per heavy atom. The molecule has 0 amide bonds. The van der Waals surface area contributed by atoms with Crippen LogP contribution in [0.4, 0.5) is 0 Å². The van der Waals surface area contributed by atoms with Crippen LogP contribution in [0.3, 0.4) is 0 Å². The number of piperidine rings is 1. The van der Waals surface area contributed by atoms with E-state index in [0.29, 0.717) is 11.5 Å². The zero-order valence-electron chi connectivity index (χ0n) is 12.0. The van der Waals surface area contributed by atoms with Crippen molar-refractivity contribution in [3.8, 4) is 0 Å². The van der Waals surface area contributed by atoms with Gasteiger partial charge in [-0.05, 0) is 63.7 Å². The van der Waals surface area contributed by atoms with Crippen LogP contribution in [0.2, 0.25) is 0 Å². The fourth-order valence-electron chi connectivity index (χ4n) is 3.65. The normalized spacial score (nSPS) is 24.9. The third-order valence-electron chi connectivity index (χ3n) is 5.09. The predicted octanol–water partition coefficient (Wildman–Crippen LogP) is 1.74. The topological polar surface area (TPSA) is 33.1 Å². The van der Waals surface area contributed by atoms with Crippen LogP contribution in [0.15, 0.2) is 18.5 Å². The van der Waals surface area contributed by atoms with Gasteiger partial charge < -0.3 is 10.2 Å². The van der Waals surface area contributed by atoms with Crippen molar-refractivity contribution in [3.63, 3.8) is 0 Å². The van der Waals surface area contributed by atoms with Crippen LogP contribution in [-0.2, 0) is 6.54 Å². The van der Waals surface area contributed by atoms with Gasteiger partial charge in [0.1, 0.15) is 0 Å². The van der Waals surface area contributed by atoms with E-state index >= 15 is 0 Å². The lowest BCUT2D eigenvalue weighted by Crippen LogP contribution is -2.40. The fourth-order valence-corrected chi connectivity index (χ4v) is 3.65. The standard InChI is InChI=1S/C15H26N4/c1-14(3-11-19-10-2-7-17-19)18-12-6-15(13-18)4-8-16-9-5-15/h2,7,10,14,16H,3-6,8-9,11-13H2,1H3/t14-/m1/s1. The van der Waals surface area contributed by atoms with Gasteiger partial charge in [-0.15, -0.1) is 0 Å². The molecule has 106 valence electrons. The zero-order valence-corrected chi connectivity index (χ0v) is 12.0. The third-order valence-corrected chi connectivity index (χ3v) is 5.09. The minimum Gasteiger partial charge on any atom is -0.317 e. The first-order valence-electron chi connectivity index (χ1n) is 7.70. The summed E-state index contributed by atoms with van der Waals surface area (Å²) in [6.07, 6.45) is 9.27. The Morgan fingerprint density at radius 1 is 1.32 bits per heavy atom. The Morgan fingerprint density at radius 3 is 2.89 bits per heavy atom. The molecule has 3 rings (SSSR count). The molecule has 0 unspecified atom stereocenters. The summed E-state index contributed by atoms with van der Waals surface area (Å²) in [5.74, 6) is 0. The molecule has 4 heteroatoms. The van der Waals surface area contributed by atoms with Crippen LogP contribution in [0.25, 0.3) is 0 Å². The molecule has 2 aliphatic rings. The molecular weight excluding hydrogens is 236 g/mol. The summed E-state index contributed by atoms with van der Waals surface area (Å²) < 4.78 is 2.05. The van der Waals surface area contributed by atoms with Gasteiger partial charge in [0, 0.05) is 31.5 Å². The molecule has 1 atom stereocenters. The van der Waals surface area contributed by atoms with Gasteiger partial charge in [-0.1, -0.05) is 0 Å². The molecule has 2 saturated heterocycles. The second-order valence-corrected chi connectivity index (χ2v) is 6.38. The van der Waals surface area contributed by atoms with Gasteiger partial charge in [0.2, 0.25) is 0 Å². The van der Waals surface area contributed by atoms with E-state index in [0.717, 1.165) is 6.54 Å². The summed E-state index contributed by atoms with van der Waals surface area (Å²) in [6, 6.07) is 2.68. The van der Waals surface area contributed by atoms with Crippen LogP contribution in [0.5, 0.6) is 0 Å². The molecule has 1 aromatic rings. The van der Waals surface area contributed by atoms with Crippen LogP contribution in [0.1, 0.15) is 32.6 Å². The minimum absolute atomic E-state index is 0.630. The van der Waals surface area contributed by atoms with E-state index in [1.54, 1.807) is 0 Å². The molecule has 3 heterocycles. The van der Waals surface area contributed by atoms with Gasteiger partial charge in [0.15, 0.2) is 0 Å². The Kier molecular flexibility index (Phi) is 3.89. The largest absolute Gasteiger partial charge is 0.317 e. The molecule has 2 aliphatic heterocycles. The number of nitrogens with zero attached hydrogens (tertiary/aromatic N) is 3. The van der Waals surface area contributed by atoms with Crippen molar-refractivity contribution in [3.05, 3.63) is 18.5 Å². The molecule has 0 aromatic carbocycles. The van der Waals surface area contributed by atoms with E-state index in [1.807, 2.05) is 16.9 Å². The van der Waals surface area contributed by atoms with Crippen LogP contribution in [0, 0.1) is 5.41 Å². The molecule has 19 heavy (non-hydrogen) atoms. The number of nitrogens with one attached hydrogen (secondary N) is 1. The van der Waals surface area contributed by atoms with Gasteiger partial charge in [-0.2, -0.15) is 5.10 Å². The van der Waals surface area contributed by atoms with Gasteiger partial charge in [0.05, 0.1) is 0 Å². The average Bonchev–Trinajstić information content (AvgIpc) is 3.07. The average molecular weight is 262 g/mol. The molecule has 2 fully saturated rings. The van der Waals surface area contributed by atoms with Crippen molar-refractivity contribution in [1.82, 2.24) is 20.0 Å². The number of aromatic nitrogens is 2. The first-order chi connectivity index (χ1) is 9.27. The molecule has 1 N–H and O–H groups in total. The van der Waals surface area contributed by atoms with Crippen molar-refractivity contribution >= 4 is 0 Å². The van der Waals surface area contributed by atoms with E-state index < -0.39 is 0 Å². The molecule has 0 bridgehead atoms. The smallest absolute Gasteiger partial charge is 0.0489 e. The molecule has 1 aromatic heterocycles. The highest BCUT2D eigenvalue weighted by atomic mass is 15.3. The zero-order chi connectivity index (χ0) is 13.1. The van der Waals surface area contributed by atoms with Crippen molar-refractivity contribution < 1.29 is 0 Å². The fraction of sp³-hybridized carbons (Fsp3) is 0.800. The van der Waals surface area contributed by atoms with Crippen molar-refractivity contribution in [1.29, 1.82) is 0 Å². The number of rotatable bonds is 4. The van der Waals surface area contributed by atoms with Gasteiger partial charge >= 0.3 is 0 Å². The summed E-state index contributed by atoms with van der Waals surface area (Å²) in [7, 11) is 0. The summed E-state index contributed by atoms with van der Waals surface area (Å²) in [4.78, 5) is 2.70. The van der Waals surface area contributed by atoms with Gasteiger partial charge in [0.25, 0.3) is 0 Å². The highest BCUT2D eigenvalue weighted by Crippen LogP contribution is 2.39. The lowest BCUT2D eigenvalue weighted by Gasteiger charge is -2.35. The highest BCUT2D eigenvalue weighted by molar-refractivity contribution is 4.94. The first-order valence-corrected chi connectivity index (χ1v) is 7.70. The SMILES string of the molecule is C[C@H](CCn1cccn1)N1CCC2(CCNCC2)C1. The second kappa shape index (κ2) is 5.63. The van der Waals surface area contributed by atoms with Crippen LogP contribution in [-0.4, -0.2) is 46.9 Å². The summed E-state index contributed by atoms with van der Waals surface area (Å²) >= 11 is 0. The van der Waals surface area contributed by atoms with Crippen LogP contribution < -0.4 is 5.32 Å². The molecule has 1 spiro atoms. The molecule has 0 radical (unpaired) electrons. The lowest BCUT2D eigenvalue weighted by molar-refractivity contribution is 0.168. The quantitative estimate of drug-likeness (QED) is 0.897. The number of likely N-dealkylation sites (tertiary alicyclic amines) is 1. The maximum absolute atomic E-state index is 4.29. The number of hydrogen-bond donors (Lipinski definition) is 1. The summed E-state index contributed by atoms with van der Waals surface area (Å²) in [6.45, 7) is 8.46. The van der Waals surface area contributed by atoms with E-state index in [1.165, 1.54) is 51.9 Å². The monoisotopic (exact) mass is 262 g/mol. The Hall–Kier alpha value is -0.870. The van der Waals surface area contributed by atoms with E-state index in [2.05, 4.69) is 28.4 Å². The van der Waals surface area contributed by atoms with E-state index in [9.17, 15) is 0 Å². The predicted molar refractivity (Wildman–Crippen MR) is 77.0 cm³/mol. The van der Waals surface area contributed by atoms with Gasteiger partial charge in [-0.25, -0.2) is 0 Å². The first kappa shape index (κ1) is 13.1. The minimum atomic E-state index is 0.630. The van der Waals surface area contributed by atoms with Crippen molar-refractivity contribution in [2.45, 2.75) is 45.2 Å². The van der Waals surface area contributed by atoms with Crippen molar-refractivity contribution in [2.75, 3.05) is 26.2 Å². The number of aryl methyl sites for hydroxylation is 1. The highest BCUT2D eigenvalue weighted by Gasteiger charge is 2.39. The second-order valence-electron chi connectivity index (χ2n) is 6.38. The van der Waals surface area contributed by atoms with E-state index in [-0.39, 0.29) is 0 Å². The molecular formula is C15H26N4. The molecule has 0 aliphatic carbocycles. The lowest BCUT2D eigenvalue weighted by atomic mass is 9.78. The Bertz CT molecular complexity index is 381. The summed E-state index contributed by atoms with van der Waals surface area (Å²) in [5, 5.41) is 7.78. The molecule has 4 nitrogen and oxygen atoms in total. The maximum atomic E-state index is 4.29. The Balaban J connectivity index is 1.49. The van der Waals surface area contributed by atoms with E-state index in [4.69, 9.17) is 0 Å². The van der Waals surface area contributed by atoms with Crippen molar-refractivity contribution in [2.24, 2.45) is 5.41 Å². The maximum Gasteiger partial charge on any atom is 0.0489 e. The summed E-state index contributed by atoms with van der Waals surface area (Å²) in [5.41, 5.74) is 0.630. The van der Waals surface area contributed by atoms with Gasteiger partial charge in [-0.3, -0.25) is 4.68 Å². The number of hydrogen-bond acceptors (Lipinski definition) is 3. The third kappa shape index (κ3) is 3.00.